The van der Waals surface area contributed by atoms with E-state index in [2.05, 4.69) is 30.3 Å². The maximum absolute atomic E-state index is 12.3. The lowest BCUT2D eigenvalue weighted by molar-refractivity contribution is 0.0660. The summed E-state index contributed by atoms with van der Waals surface area (Å²) in [4.78, 5) is 15.9. The highest BCUT2D eigenvalue weighted by Gasteiger charge is 2.29. The van der Waals surface area contributed by atoms with E-state index in [4.69, 9.17) is 4.74 Å². The first kappa shape index (κ1) is 18.0. The standard InChI is InChI=1S/C23H21O2S/c1-18(2)17-25-23(24)19-10-9-15-22(16-19)26(20-11-5-3-6-12-20)21-13-7-4-8-14-21/h3-17H,1-2H3/q+1. The van der Waals surface area contributed by atoms with Gasteiger partial charge < -0.3 is 4.74 Å². The van der Waals surface area contributed by atoms with Crippen molar-refractivity contribution >= 4 is 16.9 Å². The third-order valence-corrected chi connectivity index (χ3v) is 5.88. The number of carbonyl (C=O) groups excluding carboxylic acids is 1. The molecule has 0 spiro atoms. The van der Waals surface area contributed by atoms with Crippen LogP contribution in [-0.4, -0.2) is 5.97 Å². The summed E-state index contributed by atoms with van der Waals surface area (Å²) in [7, 11) is -0.277. The van der Waals surface area contributed by atoms with Crippen molar-refractivity contribution in [3.8, 4) is 0 Å². The first-order valence-corrected chi connectivity index (χ1v) is 9.66. The first-order valence-electron chi connectivity index (χ1n) is 8.44. The Bertz CT molecular complexity index is 858. The Hall–Kier alpha value is -2.78. The molecule has 0 saturated carbocycles. The van der Waals surface area contributed by atoms with Gasteiger partial charge in [0.05, 0.1) is 22.7 Å². The summed E-state index contributed by atoms with van der Waals surface area (Å²) < 4.78 is 5.24. The second kappa shape index (κ2) is 8.54. The average molecular weight is 361 g/mol. The number of benzene rings is 3. The van der Waals surface area contributed by atoms with Crippen molar-refractivity contribution < 1.29 is 9.53 Å². The molecule has 0 heterocycles. The van der Waals surface area contributed by atoms with E-state index in [1.807, 2.05) is 62.4 Å². The Balaban J connectivity index is 2.01. The van der Waals surface area contributed by atoms with Crippen LogP contribution in [0.25, 0.3) is 0 Å². The number of esters is 1. The molecule has 0 N–H and O–H groups in total. The van der Waals surface area contributed by atoms with Gasteiger partial charge in [0.1, 0.15) is 0 Å². The Morgan fingerprint density at radius 3 is 1.85 bits per heavy atom. The summed E-state index contributed by atoms with van der Waals surface area (Å²) in [6.07, 6.45) is 1.49. The molecule has 2 nitrogen and oxygen atoms in total. The summed E-state index contributed by atoms with van der Waals surface area (Å²) in [5.41, 5.74) is 1.51. The minimum absolute atomic E-state index is 0.277. The third-order valence-electron chi connectivity index (χ3n) is 3.66. The third kappa shape index (κ3) is 4.44. The summed E-state index contributed by atoms with van der Waals surface area (Å²) in [5.74, 6) is -0.335. The predicted molar refractivity (Wildman–Crippen MR) is 106 cm³/mol. The van der Waals surface area contributed by atoms with Crippen molar-refractivity contribution in [2.45, 2.75) is 28.5 Å². The first-order chi connectivity index (χ1) is 12.6. The Kier molecular flexibility index (Phi) is 5.92. The number of hydrogen-bond donors (Lipinski definition) is 0. The van der Waals surface area contributed by atoms with Gasteiger partial charge in [-0.25, -0.2) is 4.79 Å². The van der Waals surface area contributed by atoms with E-state index in [1.165, 1.54) is 16.1 Å². The summed E-state index contributed by atoms with van der Waals surface area (Å²) >= 11 is 0. The number of carbonyl (C=O) groups is 1. The highest BCUT2D eigenvalue weighted by atomic mass is 32.2. The lowest BCUT2D eigenvalue weighted by Gasteiger charge is -2.09. The van der Waals surface area contributed by atoms with Crippen LogP contribution in [0.2, 0.25) is 0 Å². The van der Waals surface area contributed by atoms with Crippen LogP contribution in [-0.2, 0) is 15.6 Å². The van der Waals surface area contributed by atoms with Crippen LogP contribution in [0, 0.1) is 0 Å². The molecule has 0 atom stereocenters. The summed E-state index contributed by atoms with van der Waals surface area (Å²) in [6.45, 7) is 3.79. The van der Waals surface area contributed by atoms with Crippen molar-refractivity contribution in [2.24, 2.45) is 0 Å². The van der Waals surface area contributed by atoms with Crippen molar-refractivity contribution in [3.05, 3.63) is 102 Å². The van der Waals surface area contributed by atoms with E-state index in [9.17, 15) is 4.79 Å². The monoisotopic (exact) mass is 361 g/mol. The second-order valence-electron chi connectivity index (χ2n) is 6.06. The molecule has 0 saturated heterocycles. The van der Waals surface area contributed by atoms with Gasteiger partial charge in [-0.15, -0.1) is 0 Å². The molecule has 130 valence electrons. The molecule has 0 radical (unpaired) electrons. The minimum atomic E-state index is -0.335. The Morgan fingerprint density at radius 1 is 0.769 bits per heavy atom. The van der Waals surface area contributed by atoms with Crippen LogP contribution in [0.15, 0.2) is 111 Å². The SMILES string of the molecule is CC(C)=COC(=O)c1cccc([S+](c2ccccc2)c2ccccc2)c1. The van der Waals surface area contributed by atoms with Crippen LogP contribution in [0.5, 0.6) is 0 Å². The predicted octanol–water partition coefficient (Wildman–Crippen LogP) is 5.86. The van der Waals surface area contributed by atoms with Gasteiger partial charge in [0, 0.05) is 6.07 Å². The van der Waals surface area contributed by atoms with Gasteiger partial charge in [-0.2, -0.15) is 0 Å². The molecule has 26 heavy (non-hydrogen) atoms. The topological polar surface area (TPSA) is 26.3 Å². The maximum atomic E-state index is 12.3. The van der Waals surface area contributed by atoms with Gasteiger partial charge in [-0.3, -0.25) is 0 Å². The molecule has 0 fully saturated rings. The Morgan fingerprint density at radius 2 is 1.31 bits per heavy atom. The fourth-order valence-electron chi connectivity index (χ4n) is 2.51. The van der Waals surface area contributed by atoms with Crippen LogP contribution in [0.4, 0.5) is 0 Å². The Labute approximate surface area is 157 Å². The zero-order valence-electron chi connectivity index (χ0n) is 14.9. The van der Waals surface area contributed by atoms with Gasteiger partial charge in [0.2, 0.25) is 0 Å². The molecular weight excluding hydrogens is 340 g/mol. The molecule has 0 aliphatic heterocycles. The van der Waals surface area contributed by atoms with Crippen LogP contribution in [0.1, 0.15) is 24.2 Å². The minimum Gasteiger partial charge on any atom is -0.431 e. The number of hydrogen-bond acceptors (Lipinski definition) is 2. The molecule has 0 bridgehead atoms. The summed E-state index contributed by atoms with van der Waals surface area (Å²) in [5, 5.41) is 0. The highest BCUT2D eigenvalue weighted by molar-refractivity contribution is 7.97. The molecule has 0 aliphatic rings. The van der Waals surface area contributed by atoms with Crippen molar-refractivity contribution in [1.29, 1.82) is 0 Å². The average Bonchev–Trinajstić information content (AvgIpc) is 2.68. The normalized spacial score (nSPS) is 10.4. The zero-order valence-corrected chi connectivity index (χ0v) is 15.7. The molecule has 3 heteroatoms. The maximum Gasteiger partial charge on any atom is 0.343 e. The molecule has 3 aromatic rings. The molecular formula is C23H21O2S+. The van der Waals surface area contributed by atoms with E-state index in [0.29, 0.717) is 5.56 Å². The van der Waals surface area contributed by atoms with Gasteiger partial charge in [0.15, 0.2) is 14.7 Å². The van der Waals surface area contributed by atoms with Crippen LogP contribution in [0.3, 0.4) is 0 Å². The molecule has 3 rings (SSSR count). The van der Waals surface area contributed by atoms with Crippen molar-refractivity contribution in [1.82, 2.24) is 0 Å². The largest absolute Gasteiger partial charge is 0.431 e. The van der Waals surface area contributed by atoms with Crippen LogP contribution < -0.4 is 0 Å². The summed E-state index contributed by atoms with van der Waals surface area (Å²) in [6, 6.07) is 28.5. The quantitative estimate of drug-likeness (QED) is 0.323. The van der Waals surface area contributed by atoms with E-state index in [1.54, 1.807) is 6.07 Å². The van der Waals surface area contributed by atoms with E-state index >= 15 is 0 Å². The second-order valence-corrected chi connectivity index (χ2v) is 8.09. The highest BCUT2D eigenvalue weighted by Crippen LogP contribution is 2.31. The molecule has 0 aliphatic carbocycles. The van der Waals surface area contributed by atoms with E-state index < -0.39 is 0 Å². The van der Waals surface area contributed by atoms with Crippen molar-refractivity contribution in [3.63, 3.8) is 0 Å². The van der Waals surface area contributed by atoms with Gasteiger partial charge >= 0.3 is 5.97 Å². The lowest BCUT2D eigenvalue weighted by Crippen LogP contribution is -2.07. The van der Waals surface area contributed by atoms with E-state index in [0.717, 1.165) is 10.5 Å². The smallest absolute Gasteiger partial charge is 0.343 e. The van der Waals surface area contributed by atoms with Gasteiger partial charge in [-0.05, 0) is 55.8 Å². The lowest BCUT2D eigenvalue weighted by atomic mass is 10.2. The number of ether oxygens (including phenoxy) is 1. The van der Waals surface area contributed by atoms with Gasteiger partial charge in [-0.1, -0.05) is 42.5 Å². The zero-order chi connectivity index (χ0) is 18.4. The fourth-order valence-corrected chi connectivity index (χ4v) is 4.65. The molecule has 0 unspecified atom stereocenters. The van der Waals surface area contributed by atoms with E-state index in [-0.39, 0.29) is 16.9 Å². The molecule has 0 aromatic heterocycles. The molecule has 0 amide bonds. The number of rotatable bonds is 5. The molecule has 3 aromatic carbocycles. The van der Waals surface area contributed by atoms with Crippen LogP contribution >= 0.6 is 0 Å². The van der Waals surface area contributed by atoms with Crippen molar-refractivity contribution in [2.75, 3.05) is 0 Å². The number of allylic oxidation sites excluding steroid dienone is 1. The van der Waals surface area contributed by atoms with Gasteiger partial charge in [0.25, 0.3) is 0 Å². The fraction of sp³-hybridized carbons (Fsp3) is 0.0870.